The predicted octanol–water partition coefficient (Wildman–Crippen LogP) is 2.67. The molecule has 3 nitrogen and oxygen atoms in total. The lowest BCUT2D eigenvalue weighted by Crippen LogP contribution is -2.54. The van der Waals surface area contributed by atoms with Gasteiger partial charge >= 0.3 is 0 Å². The van der Waals surface area contributed by atoms with Crippen LogP contribution in [0.2, 0.25) is 0 Å². The summed E-state index contributed by atoms with van der Waals surface area (Å²) in [6.45, 7) is 4.79. The van der Waals surface area contributed by atoms with Crippen molar-refractivity contribution < 1.29 is 9.84 Å². The molecule has 0 saturated heterocycles. The second-order valence-electron chi connectivity index (χ2n) is 6.01. The Balaban J connectivity index is 2.48. The third kappa shape index (κ3) is 2.15. The zero-order valence-corrected chi connectivity index (χ0v) is 12.1. The van der Waals surface area contributed by atoms with E-state index in [2.05, 4.69) is 13.8 Å². The summed E-state index contributed by atoms with van der Waals surface area (Å²) in [5.74, 6) is 1.19. The first-order chi connectivity index (χ1) is 8.98. The van der Waals surface area contributed by atoms with Gasteiger partial charge in [-0.2, -0.15) is 0 Å². The fourth-order valence-corrected chi connectivity index (χ4v) is 3.40. The number of nitrogens with two attached hydrogens (primary N) is 1. The maximum atomic E-state index is 11.3. The van der Waals surface area contributed by atoms with Crippen molar-refractivity contribution in [2.45, 2.75) is 38.7 Å². The molecule has 3 N–H and O–H groups in total. The van der Waals surface area contributed by atoms with Crippen molar-refractivity contribution in [1.82, 2.24) is 0 Å². The summed E-state index contributed by atoms with van der Waals surface area (Å²) in [5, 5.41) is 11.3. The Kier molecular flexibility index (Phi) is 3.88. The maximum absolute atomic E-state index is 11.3. The van der Waals surface area contributed by atoms with Crippen molar-refractivity contribution in [3.8, 4) is 5.75 Å². The Morgan fingerprint density at radius 1 is 1.47 bits per heavy atom. The van der Waals surface area contributed by atoms with Crippen LogP contribution in [0, 0.1) is 11.3 Å². The first kappa shape index (κ1) is 14.4. The molecule has 1 aliphatic rings. The standard InChI is InChI=1S/C16H25NO2/c1-12-6-5-9-16(18,15(12,2)11-17)13-7-4-8-14(10-13)19-3/h4,7-8,10,12,18H,5-6,9,11,17H2,1-3H3. The number of ether oxygens (including phenoxy) is 1. The van der Waals surface area contributed by atoms with Crippen LogP contribution in [0.5, 0.6) is 5.75 Å². The average molecular weight is 263 g/mol. The quantitative estimate of drug-likeness (QED) is 0.881. The Morgan fingerprint density at radius 2 is 2.21 bits per heavy atom. The summed E-state index contributed by atoms with van der Waals surface area (Å²) in [5.41, 5.74) is 5.78. The van der Waals surface area contributed by atoms with Gasteiger partial charge in [-0.15, -0.1) is 0 Å². The molecule has 106 valence electrons. The van der Waals surface area contributed by atoms with Crippen LogP contribution in [-0.4, -0.2) is 18.8 Å². The average Bonchev–Trinajstić information content (AvgIpc) is 2.44. The van der Waals surface area contributed by atoms with E-state index in [1.165, 1.54) is 0 Å². The van der Waals surface area contributed by atoms with Gasteiger partial charge in [-0.1, -0.05) is 26.0 Å². The normalized spacial score (nSPS) is 35.1. The highest BCUT2D eigenvalue weighted by atomic mass is 16.5. The van der Waals surface area contributed by atoms with Gasteiger partial charge in [0.2, 0.25) is 0 Å². The second-order valence-corrected chi connectivity index (χ2v) is 6.01. The third-order valence-electron chi connectivity index (χ3n) is 5.18. The summed E-state index contributed by atoms with van der Waals surface area (Å²) in [4.78, 5) is 0. The zero-order chi connectivity index (χ0) is 14.1. The molecule has 0 heterocycles. The van der Waals surface area contributed by atoms with Crippen molar-refractivity contribution >= 4 is 0 Å². The van der Waals surface area contributed by atoms with Gasteiger partial charge in [0.25, 0.3) is 0 Å². The van der Waals surface area contributed by atoms with Crippen molar-refractivity contribution in [3.63, 3.8) is 0 Å². The molecular formula is C16H25NO2. The van der Waals surface area contributed by atoms with Gasteiger partial charge in [0, 0.05) is 12.0 Å². The van der Waals surface area contributed by atoms with E-state index < -0.39 is 5.60 Å². The molecule has 1 aliphatic carbocycles. The first-order valence-corrected chi connectivity index (χ1v) is 7.05. The molecule has 19 heavy (non-hydrogen) atoms. The number of hydrogen-bond acceptors (Lipinski definition) is 3. The maximum Gasteiger partial charge on any atom is 0.119 e. The van der Waals surface area contributed by atoms with E-state index in [9.17, 15) is 5.11 Å². The van der Waals surface area contributed by atoms with Crippen LogP contribution < -0.4 is 10.5 Å². The summed E-state index contributed by atoms with van der Waals surface area (Å²) in [7, 11) is 1.65. The lowest BCUT2D eigenvalue weighted by Gasteiger charge is -2.52. The van der Waals surface area contributed by atoms with Crippen molar-refractivity contribution in [2.24, 2.45) is 17.1 Å². The van der Waals surface area contributed by atoms with Crippen LogP contribution >= 0.6 is 0 Å². The van der Waals surface area contributed by atoms with E-state index in [1.54, 1.807) is 7.11 Å². The van der Waals surface area contributed by atoms with Gasteiger partial charge in [-0.3, -0.25) is 0 Å². The highest BCUT2D eigenvalue weighted by molar-refractivity contribution is 5.34. The lowest BCUT2D eigenvalue weighted by molar-refractivity contribution is -0.134. The van der Waals surface area contributed by atoms with Crippen LogP contribution in [0.1, 0.15) is 38.7 Å². The Bertz CT molecular complexity index is 448. The van der Waals surface area contributed by atoms with E-state index in [-0.39, 0.29) is 5.41 Å². The molecular weight excluding hydrogens is 238 g/mol. The molecule has 3 atom stereocenters. The largest absolute Gasteiger partial charge is 0.497 e. The monoisotopic (exact) mass is 263 g/mol. The van der Waals surface area contributed by atoms with E-state index in [0.29, 0.717) is 12.5 Å². The second kappa shape index (κ2) is 5.14. The fourth-order valence-electron chi connectivity index (χ4n) is 3.40. The molecule has 0 aliphatic heterocycles. The number of benzene rings is 1. The lowest BCUT2D eigenvalue weighted by atomic mass is 9.57. The number of methoxy groups -OCH3 is 1. The smallest absolute Gasteiger partial charge is 0.119 e. The molecule has 1 saturated carbocycles. The van der Waals surface area contributed by atoms with E-state index >= 15 is 0 Å². The van der Waals surface area contributed by atoms with Crippen LogP contribution in [0.15, 0.2) is 24.3 Å². The van der Waals surface area contributed by atoms with Gasteiger partial charge in [0.15, 0.2) is 0 Å². The highest BCUT2D eigenvalue weighted by Crippen LogP contribution is 2.53. The number of hydrogen-bond donors (Lipinski definition) is 2. The fraction of sp³-hybridized carbons (Fsp3) is 0.625. The van der Waals surface area contributed by atoms with Crippen LogP contribution in [0.3, 0.4) is 0 Å². The molecule has 0 radical (unpaired) electrons. The summed E-state index contributed by atoms with van der Waals surface area (Å²) in [6.07, 6.45) is 2.92. The molecule has 2 rings (SSSR count). The van der Waals surface area contributed by atoms with Crippen LogP contribution in [0.25, 0.3) is 0 Å². The molecule has 1 aromatic rings. The number of aliphatic hydroxyl groups is 1. The minimum absolute atomic E-state index is 0.294. The van der Waals surface area contributed by atoms with E-state index in [0.717, 1.165) is 30.6 Å². The van der Waals surface area contributed by atoms with E-state index in [4.69, 9.17) is 10.5 Å². The summed E-state index contributed by atoms with van der Waals surface area (Å²) < 4.78 is 5.28. The molecule has 1 fully saturated rings. The Labute approximate surface area is 115 Å². The van der Waals surface area contributed by atoms with Gasteiger partial charge in [-0.25, -0.2) is 0 Å². The van der Waals surface area contributed by atoms with Gasteiger partial charge < -0.3 is 15.6 Å². The van der Waals surface area contributed by atoms with E-state index in [1.807, 2.05) is 24.3 Å². The Hall–Kier alpha value is -1.06. The van der Waals surface area contributed by atoms with Crippen molar-refractivity contribution in [1.29, 1.82) is 0 Å². The predicted molar refractivity (Wildman–Crippen MR) is 77.1 cm³/mol. The molecule has 3 unspecified atom stereocenters. The van der Waals surface area contributed by atoms with Crippen LogP contribution in [0.4, 0.5) is 0 Å². The molecule has 3 heteroatoms. The van der Waals surface area contributed by atoms with Crippen molar-refractivity contribution in [3.05, 3.63) is 29.8 Å². The molecule has 0 bridgehead atoms. The molecule has 0 amide bonds. The van der Waals surface area contributed by atoms with Gasteiger partial charge in [-0.05, 0) is 42.9 Å². The molecule has 0 aromatic heterocycles. The summed E-state index contributed by atoms with van der Waals surface area (Å²) >= 11 is 0. The third-order valence-corrected chi connectivity index (χ3v) is 5.18. The van der Waals surface area contributed by atoms with Crippen LogP contribution in [-0.2, 0) is 5.60 Å². The SMILES string of the molecule is COc1cccc(C2(O)CCCC(C)C2(C)CN)c1. The molecule has 1 aromatic carbocycles. The first-order valence-electron chi connectivity index (χ1n) is 7.05. The minimum atomic E-state index is -0.867. The number of rotatable bonds is 3. The topological polar surface area (TPSA) is 55.5 Å². The van der Waals surface area contributed by atoms with Crippen molar-refractivity contribution in [2.75, 3.05) is 13.7 Å². The van der Waals surface area contributed by atoms with Gasteiger partial charge in [0.1, 0.15) is 5.75 Å². The van der Waals surface area contributed by atoms with Gasteiger partial charge in [0.05, 0.1) is 12.7 Å². The zero-order valence-electron chi connectivity index (χ0n) is 12.1. The molecule has 0 spiro atoms. The Morgan fingerprint density at radius 3 is 2.84 bits per heavy atom. The highest BCUT2D eigenvalue weighted by Gasteiger charge is 2.52. The minimum Gasteiger partial charge on any atom is -0.497 e. The summed E-state index contributed by atoms with van der Waals surface area (Å²) in [6, 6.07) is 7.75.